The summed E-state index contributed by atoms with van der Waals surface area (Å²) < 4.78 is 5.67. The summed E-state index contributed by atoms with van der Waals surface area (Å²) in [6, 6.07) is 4.59. The number of nitro benzene ring substituents is 1. The smallest absolute Gasteiger partial charge is 0.287 e. The second-order valence-electron chi connectivity index (χ2n) is 3.02. The molecule has 4 nitrogen and oxygen atoms in total. The number of rotatable bonds is 5. The van der Waals surface area contributed by atoms with Crippen LogP contribution in [-0.2, 0) is 0 Å². The predicted molar refractivity (Wildman–Crippen MR) is 66.2 cm³/mol. The second kappa shape index (κ2) is 5.86. The van der Waals surface area contributed by atoms with Gasteiger partial charge in [-0.05, 0) is 27.6 Å². The summed E-state index contributed by atoms with van der Waals surface area (Å²) >= 11 is 8.66. The molecule has 0 aliphatic rings. The van der Waals surface area contributed by atoms with Crippen molar-refractivity contribution in [1.29, 1.82) is 0 Å². The van der Waals surface area contributed by atoms with E-state index < -0.39 is 4.92 Å². The fourth-order valence-corrected chi connectivity index (χ4v) is 1.57. The van der Waals surface area contributed by atoms with Crippen molar-refractivity contribution in [3.8, 4) is 5.75 Å². The van der Waals surface area contributed by atoms with Gasteiger partial charge in [0.15, 0.2) is 0 Å². The maximum atomic E-state index is 10.6. The van der Waals surface area contributed by atoms with Gasteiger partial charge in [-0.25, -0.2) is 0 Å². The highest BCUT2D eigenvalue weighted by molar-refractivity contribution is 9.10. The zero-order valence-corrected chi connectivity index (χ0v) is 10.6. The molecule has 0 aliphatic heterocycles. The summed E-state index contributed by atoms with van der Waals surface area (Å²) in [4.78, 5) is 10.2. The first kappa shape index (κ1) is 13.0. The SMILES string of the molecule is C=C(CCl)COc1cccc([N+](=O)[O-])c1Br. The van der Waals surface area contributed by atoms with Gasteiger partial charge in [0.1, 0.15) is 16.8 Å². The van der Waals surface area contributed by atoms with Gasteiger partial charge < -0.3 is 4.74 Å². The number of benzene rings is 1. The normalized spacial score (nSPS) is 9.88. The molecular formula is C10H9BrClNO3. The monoisotopic (exact) mass is 305 g/mol. The molecule has 0 saturated carbocycles. The minimum Gasteiger partial charge on any atom is -0.488 e. The van der Waals surface area contributed by atoms with Crippen molar-refractivity contribution in [1.82, 2.24) is 0 Å². The lowest BCUT2D eigenvalue weighted by Crippen LogP contribution is -2.02. The van der Waals surface area contributed by atoms with Crippen LogP contribution in [0.4, 0.5) is 5.69 Å². The molecule has 1 aromatic rings. The summed E-state index contributed by atoms with van der Waals surface area (Å²) in [7, 11) is 0. The highest BCUT2D eigenvalue weighted by Crippen LogP contribution is 2.33. The van der Waals surface area contributed by atoms with Gasteiger partial charge in [0, 0.05) is 11.9 Å². The number of alkyl halides is 1. The minimum atomic E-state index is -0.479. The zero-order chi connectivity index (χ0) is 12.1. The molecule has 0 aliphatic carbocycles. The Kier molecular flexibility index (Phi) is 4.76. The van der Waals surface area contributed by atoms with E-state index in [1.165, 1.54) is 6.07 Å². The number of hydrogen-bond acceptors (Lipinski definition) is 3. The van der Waals surface area contributed by atoms with Crippen LogP contribution in [0.15, 0.2) is 34.8 Å². The van der Waals surface area contributed by atoms with E-state index in [-0.39, 0.29) is 12.3 Å². The van der Waals surface area contributed by atoms with Crippen LogP contribution in [0.2, 0.25) is 0 Å². The van der Waals surface area contributed by atoms with Gasteiger partial charge in [-0.3, -0.25) is 10.1 Å². The molecule has 16 heavy (non-hydrogen) atoms. The standard InChI is InChI=1S/C10H9BrClNO3/c1-7(5-12)6-16-9-4-2-3-8(10(9)11)13(14)15/h2-4H,1,5-6H2. The Bertz CT molecular complexity index is 423. The van der Waals surface area contributed by atoms with E-state index in [0.717, 1.165) is 0 Å². The van der Waals surface area contributed by atoms with E-state index in [4.69, 9.17) is 16.3 Å². The lowest BCUT2D eigenvalue weighted by molar-refractivity contribution is -0.385. The summed E-state index contributed by atoms with van der Waals surface area (Å²) in [5.74, 6) is 0.701. The molecule has 1 aromatic carbocycles. The number of halogens is 2. The van der Waals surface area contributed by atoms with Gasteiger partial charge in [-0.2, -0.15) is 0 Å². The van der Waals surface area contributed by atoms with Crippen LogP contribution in [0, 0.1) is 10.1 Å². The van der Waals surface area contributed by atoms with Crippen LogP contribution in [0.3, 0.4) is 0 Å². The minimum absolute atomic E-state index is 0.0333. The maximum absolute atomic E-state index is 10.6. The van der Waals surface area contributed by atoms with E-state index in [0.29, 0.717) is 21.7 Å². The largest absolute Gasteiger partial charge is 0.488 e. The van der Waals surface area contributed by atoms with Crippen molar-refractivity contribution in [2.24, 2.45) is 0 Å². The van der Waals surface area contributed by atoms with Crippen LogP contribution < -0.4 is 4.74 Å². The van der Waals surface area contributed by atoms with E-state index >= 15 is 0 Å². The average Bonchev–Trinajstić information content (AvgIpc) is 2.26. The molecule has 0 atom stereocenters. The molecule has 0 spiro atoms. The summed E-state index contributed by atoms with van der Waals surface area (Å²) in [5.41, 5.74) is 0.675. The van der Waals surface area contributed by atoms with Crippen molar-refractivity contribution < 1.29 is 9.66 Å². The van der Waals surface area contributed by atoms with Gasteiger partial charge >= 0.3 is 0 Å². The molecule has 0 unspecified atom stereocenters. The predicted octanol–water partition coefficient (Wildman–Crippen LogP) is 3.53. The van der Waals surface area contributed by atoms with E-state index in [9.17, 15) is 10.1 Å². The lowest BCUT2D eigenvalue weighted by Gasteiger charge is -2.08. The third kappa shape index (κ3) is 3.21. The van der Waals surface area contributed by atoms with E-state index in [2.05, 4.69) is 22.5 Å². The lowest BCUT2D eigenvalue weighted by atomic mass is 10.3. The van der Waals surface area contributed by atoms with Crippen LogP contribution >= 0.6 is 27.5 Å². The summed E-state index contributed by atoms with van der Waals surface area (Å²) in [6.45, 7) is 3.91. The third-order valence-corrected chi connectivity index (χ3v) is 2.94. The molecule has 0 aromatic heterocycles. The van der Waals surface area contributed by atoms with Crippen LogP contribution in [-0.4, -0.2) is 17.4 Å². The molecule has 1 rings (SSSR count). The first-order valence-corrected chi connectivity index (χ1v) is 5.67. The van der Waals surface area contributed by atoms with Gasteiger partial charge in [0.05, 0.1) is 4.92 Å². The molecule has 0 fully saturated rings. The molecule has 0 saturated heterocycles. The van der Waals surface area contributed by atoms with Crippen molar-refractivity contribution in [2.75, 3.05) is 12.5 Å². The van der Waals surface area contributed by atoms with Gasteiger partial charge in [0.2, 0.25) is 0 Å². The summed E-state index contributed by atoms with van der Waals surface area (Å²) in [5, 5.41) is 10.6. The number of nitro groups is 1. The number of hydrogen-bond donors (Lipinski definition) is 0. The van der Waals surface area contributed by atoms with Crippen molar-refractivity contribution in [3.63, 3.8) is 0 Å². The molecule has 6 heteroatoms. The third-order valence-electron chi connectivity index (χ3n) is 1.76. The van der Waals surface area contributed by atoms with Crippen LogP contribution in [0.25, 0.3) is 0 Å². The van der Waals surface area contributed by atoms with E-state index in [1.807, 2.05) is 0 Å². The average molecular weight is 307 g/mol. The topological polar surface area (TPSA) is 52.4 Å². The number of ether oxygens (including phenoxy) is 1. The maximum Gasteiger partial charge on any atom is 0.287 e. The Morgan fingerprint density at radius 1 is 1.62 bits per heavy atom. The molecule has 0 heterocycles. The molecule has 86 valence electrons. The van der Waals surface area contributed by atoms with Gasteiger partial charge in [0.25, 0.3) is 5.69 Å². The van der Waals surface area contributed by atoms with E-state index in [1.54, 1.807) is 12.1 Å². The highest BCUT2D eigenvalue weighted by Gasteiger charge is 2.15. The van der Waals surface area contributed by atoms with Crippen molar-refractivity contribution in [3.05, 3.63) is 44.9 Å². The first-order chi connectivity index (χ1) is 7.56. The van der Waals surface area contributed by atoms with Crippen molar-refractivity contribution in [2.45, 2.75) is 0 Å². The highest BCUT2D eigenvalue weighted by atomic mass is 79.9. The first-order valence-electron chi connectivity index (χ1n) is 4.34. The Hall–Kier alpha value is -1.07. The molecule has 0 bridgehead atoms. The molecule has 0 amide bonds. The Morgan fingerprint density at radius 2 is 2.31 bits per heavy atom. The fraction of sp³-hybridized carbons (Fsp3) is 0.200. The Labute approximate surface area is 106 Å². The van der Waals surface area contributed by atoms with Crippen LogP contribution in [0.1, 0.15) is 0 Å². The number of nitrogens with zero attached hydrogens (tertiary/aromatic N) is 1. The Balaban J connectivity index is 2.85. The van der Waals surface area contributed by atoms with Gasteiger partial charge in [-0.1, -0.05) is 12.6 Å². The quantitative estimate of drug-likeness (QED) is 0.362. The van der Waals surface area contributed by atoms with Crippen molar-refractivity contribution >= 4 is 33.2 Å². The van der Waals surface area contributed by atoms with Crippen LogP contribution in [0.5, 0.6) is 5.75 Å². The van der Waals surface area contributed by atoms with Gasteiger partial charge in [-0.15, -0.1) is 11.6 Å². The Morgan fingerprint density at radius 3 is 2.88 bits per heavy atom. The molecule has 0 radical (unpaired) electrons. The second-order valence-corrected chi connectivity index (χ2v) is 4.08. The fourth-order valence-electron chi connectivity index (χ4n) is 0.970. The molecule has 0 N–H and O–H groups in total. The molecular weight excluding hydrogens is 297 g/mol. The summed E-state index contributed by atoms with van der Waals surface area (Å²) in [6.07, 6.45) is 0. The zero-order valence-electron chi connectivity index (χ0n) is 8.28.